The molecule has 2 aromatic carbocycles. The van der Waals surface area contributed by atoms with E-state index in [0.29, 0.717) is 12.3 Å². The van der Waals surface area contributed by atoms with Crippen LogP contribution in [-0.4, -0.2) is 19.7 Å². The van der Waals surface area contributed by atoms with Crippen LogP contribution in [0, 0.1) is 0 Å². The molecule has 0 spiro atoms. The van der Waals surface area contributed by atoms with E-state index in [2.05, 4.69) is 0 Å². The van der Waals surface area contributed by atoms with Gasteiger partial charge in [0.1, 0.15) is 11.5 Å². The fourth-order valence-electron chi connectivity index (χ4n) is 2.34. The van der Waals surface area contributed by atoms with Crippen molar-refractivity contribution in [1.82, 2.24) is 0 Å². The van der Waals surface area contributed by atoms with Crippen LogP contribution in [0.2, 0.25) is 0 Å². The zero-order valence-electron chi connectivity index (χ0n) is 11.2. The van der Waals surface area contributed by atoms with Crippen LogP contribution < -0.4 is 14.4 Å². The molecule has 0 atom stereocenters. The van der Waals surface area contributed by atoms with E-state index in [9.17, 15) is 4.79 Å². The van der Waals surface area contributed by atoms with Crippen LogP contribution in [0.25, 0.3) is 0 Å². The SMILES string of the molecule is COc1ccc2c(c1)CCN2C(=O)Oc1ccccc1. The fourth-order valence-corrected chi connectivity index (χ4v) is 2.34. The van der Waals surface area contributed by atoms with Crippen LogP contribution in [0.15, 0.2) is 48.5 Å². The monoisotopic (exact) mass is 269 g/mol. The third-order valence-corrected chi connectivity index (χ3v) is 3.35. The molecular weight excluding hydrogens is 254 g/mol. The van der Waals surface area contributed by atoms with Gasteiger partial charge in [-0.05, 0) is 42.3 Å². The minimum Gasteiger partial charge on any atom is -0.497 e. The average molecular weight is 269 g/mol. The lowest BCUT2D eigenvalue weighted by Gasteiger charge is -2.17. The molecule has 2 aromatic rings. The van der Waals surface area contributed by atoms with Crippen molar-refractivity contribution in [2.45, 2.75) is 6.42 Å². The van der Waals surface area contributed by atoms with Gasteiger partial charge in [-0.25, -0.2) is 4.79 Å². The van der Waals surface area contributed by atoms with E-state index in [0.717, 1.165) is 23.4 Å². The van der Waals surface area contributed by atoms with Crippen molar-refractivity contribution in [3.63, 3.8) is 0 Å². The summed E-state index contributed by atoms with van der Waals surface area (Å²) < 4.78 is 10.6. The molecule has 0 unspecified atom stereocenters. The Morgan fingerprint density at radius 2 is 1.90 bits per heavy atom. The molecule has 4 heteroatoms. The summed E-state index contributed by atoms with van der Waals surface area (Å²) in [5.74, 6) is 1.36. The fraction of sp³-hybridized carbons (Fsp3) is 0.188. The number of benzene rings is 2. The number of fused-ring (bicyclic) bond motifs is 1. The number of carbonyl (C=O) groups is 1. The molecule has 102 valence electrons. The standard InChI is InChI=1S/C16H15NO3/c1-19-14-7-8-15-12(11-14)9-10-17(15)16(18)20-13-5-3-2-4-6-13/h2-8,11H,9-10H2,1H3. The zero-order chi connectivity index (χ0) is 13.9. The molecular formula is C16H15NO3. The van der Waals surface area contributed by atoms with Crippen LogP contribution in [0.4, 0.5) is 10.5 Å². The van der Waals surface area contributed by atoms with Gasteiger partial charge in [0.15, 0.2) is 0 Å². The Hall–Kier alpha value is -2.49. The highest BCUT2D eigenvalue weighted by atomic mass is 16.6. The Morgan fingerprint density at radius 3 is 2.65 bits per heavy atom. The molecule has 0 aliphatic carbocycles. The second-order valence-corrected chi connectivity index (χ2v) is 4.58. The molecule has 0 bridgehead atoms. The summed E-state index contributed by atoms with van der Waals surface area (Å²) in [6, 6.07) is 14.8. The Morgan fingerprint density at radius 1 is 1.10 bits per heavy atom. The van der Waals surface area contributed by atoms with E-state index in [4.69, 9.17) is 9.47 Å². The van der Waals surface area contributed by atoms with E-state index in [1.807, 2.05) is 36.4 Å². The van der Waals surface area contributed by atoms with Gasteiger partial charge >= 0.3 is 6.09 Å². The lowest BCUT2D eigenvalue weighted by Crippen LogP contribution is -2.31. The quantitative estimate of drug-likeness (QED) is 0.840. The first kappa shape index (κ1) is 12.5. The smallest absolute Gasteiger partial charge is 0.419 e. The second kappa shape index (κ2) is 5.25. The molecule has 20 heavy (non-hydrogen) atoms. The van der Waals surface area contributed by atoms with Crippen molar-refractivity contribution in [1.29, 1.82) is 0 Å². The third-order valence-electron chi connectivity index (χ3n) is 3.35. The Bertz CT molecular complexity index is 625. The zero-order valence-corrected chi connectivity index (χ0v) is 11.2. The Labute approximate surface area is 117 Å². The van der Waals surface area contributed by atoms with Crippen LogP contribution in [0.3, 0.4) is 0 Å². The van der Waals surface area contributed by atoms with E-state index in [1.54, 1.807) is 24.1 Å². The van der Waals surface area contributed by atoms with E-state index < -0.39 is 0 Å². The maximum absolute atomic E-state index is 12.2. The van der Waals surface area contributed by atoms with Gasteiger partial charge in [0.25, 0.3) is 0 Å². The van der Waals surface area contributed by atoms with Crippen molar-refractivity contribution in [3.8, 4) is 11.5 Å². The summed E-state index contributed by atoms with van der Waals surface area (Å²) in [5, 5.41) is 0. The molecule has 0 saturated carbocycles. The van der Waals surface area contributed by atoms with Crippen LogP contribution in [0.5, 0.6) is 11.5 Å². The first-order valence-electron chi connectivity index (χ1n) is 6.49. The van der Waals surface area contributed by atoms with Crippen molar-refractivity contribution in [3.05, 3.63) is 54.1 Å². The number of amides is 1. The van der Waals surface area contributed by atoms with E-state index >= 15 is 0 Å². The van der Waals surface area contributed by atoms with Gasteiger partial charge in [0, 0.05) is 6.54 Å². The van der Waals surface area contributed by atoms with Crippen LogP contribution in [0.1, 0.15) is 5.56 Å². The number of methoxy groups -OCH3 is 1. The number of nitrogens with zero attached hydrogens (tertiary/aromatic N) is 1. The normalized spacial score (nSPS) is 12.9. The molecule has 0 saturated heterocycles. The van der Waals surface area contributed by atoms with Gasteiger partial charge in [0.05, 0.1) is 12.8 Å². The summed E-state index contributed by atoms with van der Waals surface area (Å²) in [6.07, 6.45) is 0.469. The average Bonchev–Trinajstić information content (AvgIpc) is 2.91. The number of para-hydroxylation sites is 1. The minimum atomic E-state index is -0.347. The first-order valence-corrected chi connectivity index (χ1v) is 6.49. The molecule has 1 heterocycles. The molecule has 3 rings (SSSR count). The second-order valence-electron chi connectivity index (χ2n) is 4.58. The number of rotatable bonds is 2. The van der Waals surface area contributed by atoms with Gasteiger partial charge in [-0.2, -0.15) is 0 Å². The summed E-state index contributed by atoms with van der Waals surface area (Å²) in [5.41, 5.74) is 2.00. The molecule has 1 aliphatic rings. The number of carbonyl (C=O) groups excluding carboxylic acids is 1. The van der Waals surface area contributed by atoms with Gasteiger partial charge in [0.2, 0.25) is 0 Å². The molecule has 4 nitrogen and oxygen atoms in total. The number of hydrogen-bond acceptors (Lipinski definition) is 3. The third kappa shape index (κ3) is 2.32. The maximum Gasteiger partial charge on any atom is 0.419 e. The summed E-state index contributed by atoms with van der Waals surface area (Å²) >= 11 is 0. The Kier molecular flexibility index (Phi) is 3.29. The highest BCUT2D eigenvalue weighted by Crippen LogP contribution is 2.31. The van der Waals surface area contributed by atoms with Crippen LogP contribution in [-0.2, 0) is 6.42 Å². The van der Waals surface area contributed by atoms with E-state index in [1.165, 1.54) is 0 Å². The number of hydrogen-bond donors (Lipinski definition) is 0. The topological polar surface area (TPSA) is 38.8 Å². The highest BCUT2D eigenvalue weighted by molar-refractivity contribution is 5.91. The molecule has 0 fully saturated rings. The van der Waals surface area contributed by atoms with Gasteiger partial charge in [-0.1, -0.05) is 18.2 Å². The molecule has 1 aliphatic heterocycles. The lowest BCUT2D eigenvalue weighted by atomic mass is 10.1. The van der Waals surface area contributed by atoms with E-state index in [-0.39, 0.29) is 6.09 Å². The van der Waals surface area contributed by atoms with Crippen LogP contribution >= 0.6 is 0 Å². The first-order chi connectivity index (χ1) is 9.78. The summed E-state index contributed by atoms with van der Waals surface area (Å²) in [4.78, 5) is 13.9. The highest BCUT2D eigenvalue weighted by Gasteiger charge is 2.26. The van der Waals surface area contributed by atoms with Crippen molar-refractivity contribution in [2.24, 2.45) is 0 Å². The van der Waals surface area contributed by atoms with Crippen molar-refractivity contribution >= 4 is 11.8 Å². The van der Waals surface area contributed by atoms with Crippen molar-refractivity contribution < 1.29 is 14.3 Å². The number of anilines is 1. The maximum atomic E-state index is 12.2. The van der Waals surface area contributed by atoms with Gasteiger partial charge in [-0.15, -0.1) is 0 Å². The predicted molar refractivity (Wildman–Crippen MR) is 76.5 cm³/mol. The minimum absolute atomic E-state index is 0.347. The van der Waals surface area contributed by atoms with Crippen molar-refractivity contribution in [2.75, 3.05) is 18.6 Å². The molecule has 0 aromatic heterocycles. The largest absolute Gasteiger partial charge is 0.497 e. The lowest BCUT2D eigenvalue weighted by molar-refractivity contribution is 0.208. The number of ether oxygens (including phenoxy) is 2. The molecule has 0 radical (unpaired) electrons. The van der Waals surface area contributed by atoms with Gasteiger partial charge in [-0.3, -0.25) is 4.90 Å². The molecule has 0 N–H and O–H groups in total. The summed E-state index contributed by atoms with van der Waals surface area (Å²) in [7, 11) is 1.64. The molecule has 1 amide bonds. The Balaban J connectivity index is 1.79. The van der Waals surface area contributed by atoms with Gasteiger partial charge < -0.3 is 9.47 Å². The summed E-state index contributed by atoms with van der Waals surface area (Å²) in [6.45, 7) is 0.633. The predicted octanol–water partition coefficient (Wildman–Crippen LogP) is 3.26.